The van der Waals surface area contributed by atoms with Crippen LogP contribution in [0.2, 0.25) is 0 Å². The zero-order chi connectivity index (χ0) is 11.5. The fourth-order valence-electron chi connectivity index (χ4n) is 0.914. The maximum Gasteiger partial charge on any atom is 0.331 e. The molecule has 0 rings (SSSR count). The van der Waals surface area contributed by atoms with E-state index in [0.29, 0.717) is 0 Å². The quantitative estimate of drug-likeness (QED) is 0.470. The Hall–Kier alpha value is -1.92. The predicted octanol–water partition coefficient (Wildman–Crippen LogP) is -1.39. The molecule has 78 valence electrons. The molecule has 1 amide bonds. The van der Waals surface area contributed by atoms with Crippen LogP contribution in [-0.2, 0) is 19.2 Å². The van der Waals surface area contributed by atoms with E-state index in [1.165, 1.54) is 0 Å². The van der Waals surface area contributed by atoms with Gasteiger partial charge in [0.25, 0.3) is 0 Å². The van der Waals surface area contributed by atoms with Crippen LogP contribution in [0.3, 0.4) is 0 Å². The summed E-state index contributed by atoms with van der Waals surface area (Å²) in [5.41, 5.74) is 1.81. The molecule has 0 radical (unpaired) electrons. The second-order valence-corrected chi connectivity index (χ2v) is 2.76. The van der Waals surface area contributed by atoms with Crippen LogP contribution in [0.15, 0.2) is 0 Å². The lowest BCUT2D eigenvalue weighted by Crippen LogP contribution is -2.51. The van der Waals surface area contributed by atoms with E-state index in [9.17, 15) is 19.2 Å². The second kappa shape index (κ2) is 3.86. The zero-order valence-corrected chi connectivity index (χ0v) is 7.31. The van der Waals surface area contributed by atoms with E-state index in [0.717, 1.165) is 6.92 Å². The summed E-state index contributed by atoms with van der Waals surface area (Å²) in [6, 6.07) is 0. The average Bonchev–Trinajstić information content (AvgIpc) is 1.97. The van der Waals surface area contributed by atoms with Crippen molar-refractivity contribution in [3.8, 4) is 0 Å². The van der Waals surface area contributed by atoms with Crippen LogP contribution >= 0.6 is 0 Å². The predicted molar refractivity (Wildman–Crippen MR) is 42.2 cm³/mol. The minimum absolute atomic E-state index is 0.742. The minimum Gasteiger partial charge on any atom is -0.480 e. The summed E-state index contributed by atoms with van der Waals surface area (Å²) in [6.07, 6.45) is -0.951. The Labute approximate surface area is 78.5 Å². The SMILES string of the molecule is CC(=O)CC(C(N)=O)(C(=O)O)C(=O)O. The number of rotatable bonds is 5. The number of carbonyl (C=O) groups is 4. The van der Waals surface area contributed by atoms with Crippen molar-refractivity contribution in [1.29, 1.82) is 0 Å². The molecule has 0 aliphatic heterocycles. The number of ketones is 1. The Morgan fingerprint density at radius 3 is 1.57 bits per heavy atom. The third kappa shape index (κ3) is 1.87. The Balaban J connectivity index is 5.38. The first-order valence-electron chi connectivity index (χ1n) is 3.51. The molecule has 0 aliphatic rings. The lowest BCUT2D eigenvalue weighted by Gasteiger charge is -2.19. The Kier molecular flexibility index (Phi) is 3.33. The van der Waals surface area contributed by atoms with Crippen molar-refractivity contribution >= 4 is 23.6 Å². The van der Waals surface area contributed by atoms with Crippen LogP contribution in [0.4, 0.5) is 0 Å². The molecule has 0 heterocycles. The smallest absolute Gasteiger partial charge is 0.331 e. The first-order valence-corrected chi connectivity index (χ1v) is 3.51. The zero-order valence-electron chi connectivity index (χ0n) is 7.31. The molecule has 0 unspecified atom stereocenters. The first-order chi connectivity index (χ1) is 6.25. The van der Waals surface area contributed by atoms with Crippen LogP contribution in [0.25, 0.3) is 0 Å². The average molecular weight is 203 g/mol. The highest BCUT2D eigenvalue weighted by Gasteiger charge is 2.53. The summed E-state index contributed by atoms with van der Waals surface area (Å²) >= 11 is 0. The van der Waals surface area contributed by atoms with Gasteiger partial charge in [-0.15, -0.1) is 0 Å². The maximum atomic E-state index is 10.7. The summed E-state index contributed by atoms with van der Waals surface area (Å²) < 4.78 is 0. The largest absolute Gasteiger partial charge is 0.480 e. The molecule has 0 saturated carbocycles. The number of carboxylic acid groups (broad SMARTS) is 2. The van der Waals surface area contributed by atoms with Gasteiger partial charge in [0, 0.05) is 6.42 Å². The van der Waals surface area contributed by atoms with Gasteiger partial charge in [0.05, 0.1) is 0 Å². The molecule has 0 bridgehead atoms. The molecule has 0 aliphatic carbocycles. The monoisotopic (exact) mass is 203 g/mol. The summed E-state index contributed by atoms with van der Waals surface area (Å²) in [6.45, 7) is 0.976. The van der Waals surface area contributed by atoms with Crippen molar-refractivity contribution in [1.82, 2.24) is 0 Å². The molecule has 0 spiro atoms. The number of amides is 1. The van der Waals surface area contributed by atoms with Gasteiger partial charge in [-0.25, -0.2) is 0 Å². The van der Waals surface area contributed by atoms with E-state index in [-0.39, 0.29) is 0 Å². The van der Waals surface area contributed by atoms with E-state index >= 15 is 0 Å². The van der Waals surface area contributed by atoms with Crippen LogP contribution < -0.4 is 5.73 Å². The number of carbonyl (C=O) groups excluding carboxylic acids is 2. The van der Waals surface area contributed by atoms with Crippen LogP contribution in [0, 0.1) is 5.41 Å². The van der Waals surface area contributed by atoms with E-state index in [1.54, 1.807) is 0 Å². The topological polar surface area (TPSA) is 135 Å². The first kappa shape index (κ1) is 12.1. The summed E-state index contributed by atoms with van der Waals surface area (Å²) in [7, 11) is 0. The van der Waals surface area contributed by atoms with E-state index in [4.69, 9.17) is 10.2 Å². The third-order valence-electron chi connectivity index (χ3n) is 1.66. The van der Waals surface area contributed by atoms with E-state index < -0.39 is 35.5 Å². The van der Waals surface area contributed by atoms with Gasteiger partial charge in [-0.1, -0.05) is 0 Å². The van der Waals surface area contributed by atoms with Crippen molar-refractivity contribution in [3.05, 3.63) is 0 Å². The molecular formula is C7H9NO6. The van der Waals surface area contributed by atoms with Gasteiger partial charge in [0.2, 0.25) is 11.3 Å². The molecule has 4 N–H and O–H groups in total. The Morgan fingerprint density at radius 2 is 1.50 bits per heavy atom. The maximum absolute atomic E-state index is 10.7. The highest BCUT2D eigenvalue weighted by molar-refractivity contribution is 6.20. The number of aliphatic carboxylic acids is 2. The van der Waals surface area contributed by atoms with Crippen molar-refractivity contribution in [2.24, 2.45) is 11.1 Å². The molecule has 0 aromatic carbocycles. The lowest BCUT2D eigenvalue weighted by molar-refractivity contribution is -0.170. The van der Waals surface area contributed by atoms with Gasteiger partial charge < -0.3 is 15.9 Å². The fraction of sp³-hybridized carbons (Fsp3) is 0.429. The molecular weight excluding hydrogens is 194 g/mol. The Morgan fingerprint density at radius 1 is 1.14 bits per heavy atom. The molecule has 7 heteroatoms. The van der Waals surface area contributed by atoms with Crippen LogP contribution in [-0.4, -0.2) is 33.8 Å². The standard InChI is InChI=1S/C7H9NO6/c1-3(9)2-7(4(8)10,5(11)12)6(13)14/h2H2,1H3,(H2,8,10)(H,11,12)(H,13,14). The second-order valence-electron chi connectivity index (χ2n) is 2.76. The molecule has 0 aromatic heterocycles. The summed E-state index contributed by atoms with van der Waals surface area (Å²) in [5, 5.41) is 17.2. The van der Waals surface area contributed by atoms with E-state index in [1.807, 2.05) is 0 Å². The van der Waals surface area contributed by atoms with Gasteiger partial charge in [-0.2, -0.15) is 0 Å². The minimum atomic E-state index is -2.86. The number of nitrogens with two attached hydrogens (primary N) is 1. The van der Waals surface area contributed by atoms with Crippen LogP contribution in [0.1, 0.15) is 13.3 Å². The number of hydrogen-bond donors (Lipinski definition) is 3. The number of hydrogen-bond acceptors (Lipinski definition) is 4. The van der Waals surface area contributed by atoms with Crippen molar-refractivity contribution in [3.63, 3.8) is 0 Å². The fourth-order valence-corrected chi connectivity index (χ4v) is 0.914. The summed E-state index contributed by atoms with van der Waals surface area (Å²) in [4.78, 5) is 42.6. The van der Waals surface area contributed by atoms with Crippen molar-refractivity contribution in [2.45, 2.75) is 13.3 Å². The molecule has 0 atom stereocenters. The van der Waals surface area contributed by atoms with E-state index in [2.05, 4.69) is 5.73 Å². The number of primary amides is 1. The van der Waals surface area contributed by atoms with Gasteiger partial charge in [-0.3, -0.25) is 19.2 Å². The highest BCUT2D eigenvalue weighted by atomic mass is 16.4. The third-order valence-corrected chi connectivity index (χ3v) is 1.66. The lowest BCUT2D eigenvalue weighted by atomic mass is 9.82. The van der Waals surface area contributed by atoms with Crippen LogP contribution in [0.5, 0.6) is 0 Å². The highest BCUT2D eigenvalue weighted by Crippen LogP contribution is 2.23. The van der Waals surface area contributed by atoms with Crippen molar-refractivity contribution in [2.75, 3.05) is 0 Å². The molecule has 0 fully saturated rings. The molecule has 7 nitrogen and oxygen atoms in total. The summed E-state index contributed by atoms with van der Waals surface area (Å²) in [5.74, 6) is -6.18. The number of carboxylic acids is 2. The molecule has 14 heavy (non-hydrogen) atoms. The number of Topliss-reactive ketones (excluding diaryl/α,β-unsaturated/α-hetero) is 1. The van der Waals surface area contributed by atoms with Gasteiger partial charge >= 0.3 is 11.9 Å². The van der Waals surface area contributed by atoms with Crippen molar-refractivity contribution < 1.29 is 29.4 Å². The normalized spacial score (nSPS) is 10.6. The molecule has 0 aromatic rings. The van der Waals surface area contributed by atoms with Gasteiger partial charge in [-0.05, 0) is 6.92 Å². The van der Waals surface area contributed by atoms with Gasteiger partial charge in [0.1, 0.15) is 5.78 Å². The van der Waals surface area contributed by atoms with Gasteiger partial charge in [0.15, 0.2) is 0 Å². The molecule has 0 saturated heterocycles. The Bertz CT molecular complexity index is 271.